The molecule has 7 rings (SSSR count). The Morgan fingerprint density at radius 2 is 1.03 bits per heavy atom. The van der Waals surface area contributed by atoms with Gasteiger partial charge < -0.3 is 10.2 Å². The average Bonchev–Trinajstić information content (AvgIpc) is 3.18. The van der Waals surface area contributed by atoms with Crippen LogP contribution in [0.2, 0.25) is 0 Å². The van der Waals surface area contributed by atoms with Crippen molar-refractivity contribution in [2.75, 3.05) is 5.73 Å². The zero-order valence-electron chi connectivity index (χ0n) is 16.1. The third kappa shape index (κ3) is 1.88. The summed E-state index contributed by atoms with van der Waals surface area (Å²) in [4.78, 5) is 0. The molecule has 0 bridgehead atoms. The van der Waals surface area contributed by atoms with Crippen molar-refractivity contribution in [3.05, 3.63) is 91.0 Å². The lowest BCUT2D eigenvalue weighted by Gasteiger charge is -2.14. The van der Waals surface area contributed by atoms with E-state index in [1.54, 1.807) is 0 Å². The zero-order valence-corrected chi connectivity index (χ0v) is 16.1. The normalized spacial score (nSPS) is 12.1. The Morgan fingerprint density at radius 1 is 0.467 bits per heavy atom. The van der Waals surface area contributed by atoms with E-state index in [4.69, 9.17) is 10.2 Å². The summed E-state index contributed by atoms with van der Waals surface area (Å²) in [7, 11) is 0. The Kier molecular flexibility index (Phi) is 2.91. The van der Waals surface area contributed by atoms with Crippen molar-refractivity contribution >= 4 is 70.7 Å². The Hall–Kier alpha value is -4.04. The van der Waals surface area contributed by atoms with Crippen LogP contribution in [0.15, 0.2) is 95.4 Å². The number of nitrogens with two attached hydrogens (primary N) is 1. The lowest BCUT2D eigenvalue weighted by atomic mass is 9.88. The summed E-state index contributed by atoms with van der Waals surface area (Å²) in [6, 6.07) is 31.9. The molecule has 2 N–H and O–H groups in total. The third-order valence-corrected chi connectivity index (χ3v) is 6.34. The minimum absolute atomic E-state index is 0.744. The quantitative estimate of drug-likeness (QED) is 0.214. The van der Waals surface area contributed by atoms with E-state index in [1.165, 1.54) is 43.1 Å². The molecule has 0 aliphatic rings. The van der Waals surface area contributed by atoms with Gasteiger partial charge >= 0.3 is 0 Å². The van der Waals surface area contributed by atoms with Crippen LogP contribution in [0.3, 0.4) is 0 Å². The molecule has 0 aliphatic heterocycles. The van der Waals surface area contributed by atoms with Crippen LogP contribution in [0.4, 0.5) is 5.69 Å². The number of furan rings is 1. The van der Waals surface area contributed by atoms with E-state index in [0.717, 1.165) is 27.6 Å². The maximum absolute atomic E-state index is 6.43. The molecule has 0 saturated carbocycles. The summed E-state index contributed by atoms with van der Waals surface area (Å²) < 4.78 is 6.43. The SMILES string of the molecule is Nc1ccc2c(c1)c1oc3ccccc3c1c1c3ccccc3c3ccccc3c21. The van der Waals surface area contributed by atoms with Crippen LogP contribution in [-0.2, 0) is 0 Å². The first-order chi connectivity index (χ1) is 14.8. The first-order valence-corrected chi connectivity index (χ1v) is 10.2. The highest BCUT2D eigenvalue weighted by Gasteiger charge is 2.20. The first kappa shape index (κ1) is 15.8. The highest BCUT2D eigenvalue weighted by molar-refractivity contribution is 6.41. The van der Waals surface area contributed by atoms with Crippen molar-refractivity contribution in [3.63, 3.8) is 0 Å². The van der Waals surface area contributed by atoms with Gasteiger partial charge in [-0.3, -0.25) is 0 Å². The number of benzene rings is 6. The van der Waals surface area contributed by atoms with Gasteiger partial charge in [0.05, 0.1) is 0 Å². The van der Waals surface area contributed by atoms with Gasteiger partial charge in [0.25, 0.3) is 0 Å². The van der Waals surface area contributed by atoms with Gasteiger partial charge in [-0.25, -0.2) is 0 Å². The molecule has 2 heteroatoms. The lowest BCUT2D eigenvalue weighted by molar-refractivity contribution is 0.673. The van der Waals surface area contributed by atoms with Gasteiger partial charge in [0.15, 0.2) is 0 Å². The number of para-hydroxylation sites is 1. The Labute approximate surface area is 172 Å². The van der Waals surface area contributed by atoms with E-state index >= 15 is 0 Å². The number of nitrogen functional groups attached to an aromatic ring is 1. The van der Waals surface area contributed by atoms with Crippen molar-refractivity contribution in [1.82, 2.24) is 0 Å². The number of fused-ring (bicyclic) bond motifs is 13. The van der Waals surface area contributed by atoms with Gasteiger partial charge in [-0.15, -0.1) is 0 Å². The molecule has 0 unspecified atom stereocenters. The molecule has 1 heterocycles. The fourth-order valence-electron chi connectivity index (χ4n) is 5.13. The smallest absolute Gasteiger partial charge is 0.143 e. The minimum atomic E-state index is 0.744. The molecular weight excluding hydrogens is 366 g/mol. The van der Waals surface area contributed by atoms with Gasteiger partial charge in [-0.1, -0.05) is 72.8 Å². The van der Waals surface area contributed by atoms with Crippen molar-refractivity contribution in [1.29, 1.82) is 0 Å². The predicted octanol–water partition coefficient (Wildman–Crippen LogP) is 7.78. The summed E-state index contributed by atoms with van der Waals surface area (Å²) >= 11 is 0. The van der Waals surface area contributed by atoms with Crippen LogP contribution in [-0.4, -0.2) is 0 Å². The van der Waals surface area contributed by atoms with Crippen molar-refractivity contribution in [2.45, 2.75) is 0 Å². The van der Waals surface area contributed by atoms with E-state index < -0.39 is 0 Å². The molecule has 2 nitrogen and oxygen atoms in total. The van der Waals surface area contributed by atoms with Gasteiger partial charge in [-0.2, -0.15) is 0 Å². The van der Waals surface area contributed by atoms with Gasteiger partial charge in [-0.05, 0) is 50.5 Å². The second-order valence-electron chi connectivity index (χ2n) is 7.95. The number of anilines is 1. The second-order valence-corrected chi connectivity index (χ2v) is 7.95. The maximum atomic E-state index is 6.43. The van der Waals surface area contributed by atoms with E-state index in [-0.39, 0.29) is 0 Å². The third-order valence-electron chi connectivity index (χ3n) is 6.34. The highest BCUT2D eigenvalue weighted by atomic mass is 16.3. The molecule has 0 radical (unpaired) electrons. The second kappa shape index (κ2) is 5.52. The molecule has 6 aromatic carbocycles. The van der Waals surface area contributed by atoms with Gasteiger partial charge in [0.2, 0.25) is 0 Å². The molecule has 1 aromatic heterocycles. The lowest BCUT2D eigenvalue weighted by Crippen LogP contribution is -1.89. The van der Waals surface area contributed by atoms with Crippen LogP contribution in [0.25, 0.3) is 65.0 Å². The topological polar surface area (TPSA) is 39.2 Å². The fourth-order valence-corrected chi connectivity index (χ4v) is 5.13. The Balaban J connectivity index is 1.99. The van der Waals surface area contributed by atoms with E-state index in [9.17, 15) is 0 Å². The van der Waals surface area contributed by atoms with Crippen LogP contribution < -0.4 is 5.73 Å². The predicted molar refractivity (Wildman–Crippen MR) is 128 cm³/mol. The minimum Gasteiger partial charge on any atom is -0.455 e. The summed E-state index contributed by atoms with van der Waals surface area (Å²) in [5.41, 5.74) is 8.77. The highest BCUT2D eigenvalue weighted by Crippen LogP contribution is 2.46. The van der Waals surface area contributed by atoms with Crippen LogP contribution in [0, 0.1) is 0 Å². The standard InChI is InChI=1S/C28H17NO/c29-16-13-14-21-23(15-16)28-27(22-11-5-6-12-24(22)30-28)26-20-10-4-2-8-18(20)17-7-1-3-9-19(17)25(21)26/h1-15H,29H2. The summed E-state index contributed by atoms with van der Waals surface area (Å²) in [6.07, 6.45) is 0. The molecule has 0 amide bonds. The van der Waals surface area contributed by atoms with Gasteiger partial charge in [0, 0.05) is 27.2 Å². The largest absolute Gasteiger partial charge is 0.455 e. The van der Waals surface area contributed by atoms with E-state index in [1.807, 2.05) is 24.3 Å². The summed E-state index contributed by atoms with van der Waals surface area (Å²) in [5.74, 6) is 0. The zero-order chi connectivity index (χ0) is 19.8. The molecule has 0 spiro atoms. The fraction of sp³-hybridized carbons (Fsp3) is 0. The Bertz CT molecular complexity index is 1810. The first-order valence-electron chi connectivity index (χ1n) is 10.2. The molecule has 0 fully saturated rings. The number of hydrogen-bond acceptors (Lipinski definition) is 2. The molecule has 30 heavy (non-hydrogen) atoms. The molecule has 7 aromatic rings. The monoisotopic (exact) mass is 383 g/mol. The van der Waals surface area contributed by atoms with Gasteiger partial charge in [0.1, 0.15) is 11.2 Å². The van der Waals surface area contributed by atoms with E-state index in [0.29, 0.717) is 0 Å². The molecule has 0 saturated heterocycles. The van der Waals surface area contributed by atoms with Crippen molar-refractivity contribution in [3.8, 4) is 0 Å². The molecule has 140 valence electrons. The Morgan fingerprint density at radius 3 is 1.77 bits per heavy atom. The molecular formula is C28H17NO. The molecule has 0 atom stereocenters. The number of hydrogen-bond donors (Lipinski definition) is 1. The molecule has 0 aliphatic carbocycles. The summed E-state index contributed by atoms with van der Waals surface area (Å²) in [6.45, 7) is 0. The summed E-state index contributed by atoms with van der Waals surface area (Å²) in [5, 5.41) is 12.1. The van der Waals surface area contributed by atoms with Crippen molar-refractivity contribution in [2.24, 2.45) is 0 Å². The maximum Gasteiger partial charge on any atom is 0.143 e. The van der Waals surface area contributed by atoms with Crippen LogP contribution >= 0.6 is 0 Å². The van der Waals surface area contributed by atoms with Crippen molar-refractivity contribution < 1.29 is 4.42 Å². The van der Waals surface area contributed by atoms with Crippen LogP contribution in [0.1, 0.15) is 0 Å². The van der Waals surface area contributed by atoms with Crippen LogP contribution in [0.5, 0.6) is 0 Å². The average molecular weight is 383 g/mol. The number of rotatable bonds is 0. The van der Waals surface area contributed by atoms with E-state index in [2.05, 4.69) is 66.7 Å².